The number of hydrogen-bond acceptors (Lipinski definition) is 2. The van der Waals surface area contributed by atoms with Crippen molar-refractivity contribution < 1.29 is 4.74 Å². The van der Waals surface area contributed by atoms with Crippen LogP contribution in [0.4, 0.5) is 0 Å². The molecule has 3 rings (SSSR count). The molecular weight excluding hydrogens is 314 g/mol. The van der Waals surface area contributed by atoms with Gasteiger partial charge in [-0.15, -0.1) is 0 Å². The monoisotopic (exact) mass is 331 g/mol. The maximum Gasteiger partial charge on any atom is 0.124 e. The van der Waals surface area contributed by atoms with E-state index < -0.39 is 0 Å². The van der Waals surface area contributed by atoms with Gasteiger partial charge >= 0.3 is 0 Å². The van der Waals surface area contributed by atoms with Crippen LogP contribution in [0.15, 0.2) is 53.0 Å². The quantitative estimate of drug-likeness (QED) is 0.904. The molecule has 1 N–H and O–H groups in total. The summed E-state index contributed by atoms with van der Waals surface area (Å²) in [5, 5.41) is 3.67. The molecule has 1 aliphatic heterocycles. The molecule has 2 aromatic carbocycles. The van der Waals surface area contributed by atoms with Crippen LogP contribution < -0.4 is 10.1 Å². The van der Waals surface area contributed by atoms with E-state index in [-0.39, 0.29) is 0 Å². The average molecular weight is 332 g/mol. The number of para-hydroxylation sites is 1. The Balaban J connectivity index is 1.79. The van der Waals surface area contributed by atoms with Crippen molar-refractivity contribution >= 4 is 15.9 Å². The average Bonchev–Trinajstić information content (AvgIpc) is 2.48. The fourth-order valence-electron chi connectivity index (χ4n) is 2.67. The molecule has 2 unspecified atom stereocenters. The normalized spacial score (nSPS) is 21.1. The fraction of sp³-hybridized carbons (Fsp3) is 0.294. The third kappa shape index (κ3) is 2.74. The molecule has 1 aliphatic rings. The molecule has 20 heavy (non-hydrogen) atoms. The summed E-state index contributed by atoms with van der Waals surface area (Å²) in [5.41, 5.74) is 2.54. The van der Waals surface area contributed by atoms with Crippen LogP contribution >= 0.6 is 15.9 Å². The molecule has 2 nitrogen and oxygen atoms in total. The predicted octanol–water partition coefficient (Wildman–Crippen LogP) is 4.31. The molecule has 0 aliphatic carbocycles. The number of fused-ring (bicyclic) bond motifs is 1. The molecule has 0 fully saturated rings. The van der Waals surface area contributed by atoms with E-state index in [2.05, 4.69) is 58.5 Å². The first kappa shape index (κ1) is 13.7. The van der Waals surface area contributed by atoms with E-state index in [1.807, 2.05) is 18.2 Å². The van der Waals surface area contributed by atoms with E-state index >= 15 is 0 Å². The van der Waals surface area contributed by atoms with Crippen molar-refractivity contribution in [3.8, 4) is 5.75 Å². The van der Waals surface area contributed by atoms with Crippen LogP contribution in [0.1, 0.15) is 24.1 Å². The van der Waals surface area contributed by atoms with Crippen molar-refractivity contribution in [2.24, 2.45) is 5.92 Å². The minimum Gasteiger partial charge on any atom is -0.493 e. The summed E-state index contributed by atoms with van der Waals surface area (Å²) in [6.07, 6.45) is 0. The summed E-state index contributed by atoms with van der Waals surface area (Å²) in [4.78, 5) is 0. The molecule has 0 saturated heterocycles. The molecule has 0 bridgehead atoms. The van der Waals surface area contributed by atoms with Crippen molar-refractivity contribution in [2.75, 3.05) is 6.61 Å². The van der Waals surface area contributed by atoms with Crippen LogP contribution in [0.5, 0.6) is 5.75 Å². The first-order valence-corrected chi connectivity index (χ1v) is 7.73. The number of ether oxygens (including phenoxy) is 1. The van der Waals surface area contributed by atoms with E-state index in [1.54, 1.807) is 0 Å². The van der Waals surface area contributed by atoms with Crippen LogP contribution in [0, 0.1) is 5.92 Å². The maximum absolute atomic E-state index is 5.79. The van der Waals surface area contributed by atoms with Crippen LogP contribution in [0.3, 0.4) is 0 Å². The van der Waals surface area contributed by atoms with Crippen LogP contribution in [0.2, 0.25) is 0 Å². The third-order valence-electron chi connectivity index (χ3n) is 3.80. The zero-order chi connectivity index (χ0) is 13.9. The molecule has 3 heteroatoms. The minimum absolute atomic E-state index is 0.340. The summed E-state index contributed by atoms with van der Waals surface area (Å²) in [6.45, 7) is 3.85. The zero-order valence-electron chi connectivity index (χ0n) is 11.5. The molecule has 0 aromatic heterocycles. The molecule has 0 saturated carbocycles. The largest absolute Gasteiger partial charge is 0.493 e. The lowest BCUT2D eigenvalue weighted by Crippen LogP contribution is -2.33. The topological polar surface area (TPSA) is 21.3 Å². The minimum atomic E-state index is 0.340. The van der Waals surface area contributed by atoms with Crippen molar-refractivity contribution in [1.82, 2.24) is 5.32 Å². The first-order valence-electron chi connectivity index (χ1n) is 6.94. The smallest absolute Gasteiger partial charge is 0.124 e. The van der Waals surface area contributed by atoms with Gasteiger partial charge in [0.2, 0.25) is 0 Å². The molecule has 0 amide bonds. The van der Waals surface area contributed by atoms with Gasteiger partial charge in [0.25, 0.3) is 0 Å². The van der Waals surface area contributed by atoms with Crippen LogP contribution in [0.25, 0.3) is 0 Å². The summed E-state index contributed by atoms with van der Waals surface area (Å²) < 4.78 is 6.95. The standard InChI is InChI=1S/C17H18BrNO/c1-12-11-20-16-9-5-3-7-14(16)17(12)19-10-13-6-2-4-8-15(13)18/h2-9,12,17,19H,10-11H2,1H3. The second-order valence-electron chi connectivity index (χ2n) is 5.28. The molecule has 0 radical (unpaired) electrons. The highest BCUT2D eigenvalue weighted by Gasteiger charge is 2.27. The van der Waals surface area contributed by atoms with Gasteiger partial charge in [0.05, 0.1) is 6.61 Å². The number of nitrogens with one attached hydrogen (secondary N) is 1. The third-order valence-corrected chi connectivity index (χ3v) is 4.57. The Hall–Kier alpha value is -1.32. The van der Waals surface area contributed by atoms with Gasteiger partial charge in [0.1, 0.15) is 5.75 Å². The molecular formula is C17H18BrNO. The van der Waals surface area contributed by atoms with Gasteiger partial charge < -0.3 is 10.1 Å². The summed E-state index contributed by atoms with van der Waals surface area (Å²) in [5.74, 6) is 1.47. The lowest BCUT2D eigenvalue weighted by atomic mass is 9.92. The first-order chi connectivity index (χ1) is 9.75. The van der Waals surface area contributed by atoms with Crippen LogP contribution in [-0.4, -0.2) is 6.61 Å². The predicted molar refractivity (Wildman–Crippen MR) is 84.8 cm³/mol. The molecule has 104 valence electrons. The second-order valence-corrected chi connectivity index (χ2v) is 6.13. The Morgan fingerprint density at radius 3 is 2.75 bits per heavy atom. The second kappa shape index (κ2) is 5.98. The van der Waals surface area contributed by atoms with Gasteiger partial charge in [0.15, 0.2) is 0 Å². The van der Waals surface area contributed by atoms with E-state index in [9.17, 15) is 0 Å². The fourth-order valence-corrected chi connectivity index (χ4v) is 3.09. The molecule has 1 heterocycles. The van der Waals surface area contributed by atoms with Gasteiger partial charge in [-0.05, 0) is 17.7 Å². The number of halogens is 1. The summed E-state index contributed by atoms with van der Waals surface area (Å²) >= 11 is 3.60. The van der Waals surface area contributed by atoms with Crippen LogP contribution in [-0.2, 0) is 6.54 Å². The van der Waals surface area contributed by atoms with Gasteiger partial charge in [-0.2, -0.15) is 0 Å². The lowest BCUT2D eigenvalue weighted by molar-refractivity contribution is 0.188. The molecule has 2 aromatic rings. The van der Waals surface area contributed by atoms with E-state index in [1.165, 1.54) is 11.1 Å². The number of benzene rings is 2. The van der Waals surface area contributed by atoms with Gasteiger partial charge in [-0.25, -0.2) is 0 Å². The highest BCUT2D eigenvalue weighted by Crippen LogP contribution is 2.35. The van der Waals surface area contributed by atoms with Crippen molar-refractivity contribution in [1.29, 1.82) is 0 Å². The Bertz CT molecular complexity index is 599. The Morgan fingerprint density at radius 1 is 1.15 bits per heavy atom. The molecule has 0 spiro atoms. The van der Waals surface area contributed by atoms with Crippen molar-refractivity contribution in [2.45, 2.75) is 19.5 Å². The van der Waals surface area contributed by atoms with Gasteiger partial charge in [0, 0.05) is 28.5 Å². The highest BCUT2D eigenvalue weighted by molar-refractivity contribution is 9.10. The SMILES string of the molecule is CC1COc2ccccc2C1NCc1ccccc1Br. The lowest BCUT2D eigenvalue weighted by Gasteiger charge is -2.32. The number of hydrogen-bond donors (Lipinski definition) is 1. The zero-order valence-corrected chi connectivity index (χ0v) is 13.1. The molecule has 2 atom stereocenters. The van der Waals surface area contributed by atoms with Crippen molar-refractivity contribution in [3.63, 3.8) is 0 Å². The Labute approximate surface area is 128 Å². The Kier molecular flexibility index (Phi) is 4.08. The maximum atomic E-state index is 5.79. The summed E-state index contributed by atoms with van der Waals surface area (Å²) in [6, 6.07) is 17.0. The van der Waals surface area contributed by atoms with Crippen molar-refractivity contribution in [3.05, 3.63) is 64.1 Å². The van der Waals surface area contributed by atoms with E-state index in [0.29, 0.717) is 12.0 Å². The van der Waals surface area contributed by atoms with Gasteiger partial charge in [-0.1, -0.05) is 59.3 Å². The Morgan fingerprint density at radius 2 is 1.90 bits per heavy atom. The number of rotatable bonds is 3. The van der Waals surface area contributed by atoms with E-state index in [0.717, 1.165) is 23.4 Å². The highest BCUT2D eigenvalue weighted by atomic mass is 79.9. The summed E-state index contributed by atoms with van der Waals surface area (Å²) in [7, 11) is 0. The van der Waals surface area contributed by atoms with Gasteiger partial charge in [-0.3, -0.25) is 0 Å². The van der Waals surface area contributed by atoms with E-state index in [4.69, 9.17) is 4.74 Å².